The molecule has 2 aliphatic rings. The van der Waals surface area contributed by atoms with Gasteiger partial charge in [-0.2, -0.15) is 0 Å². The Balaban J connectivity index is 0.00000192. The number of hydrogen-bond acceptors (Lipinski definition) is 3. The molecular formula is C17H24Cl2N2O2. The van der Waals surface area contributed by atoms with Gasteiger partial charge in [-0.05, 0) is 43.2 Å². The van der Waals surface area contributed by atoms with E-state index in [4.69, 9.17) is 22.1 Å². The molecule has 1 aromatic carbocycles. The summed E-state index contributed by atoms with van der Waals surface area (Å²) in [4.78, 5) is 12.9. The van der Waals surface area contributed by atoms with E-state index in [9.17, 15) is 4.79 Å². The van der Waals surface area contributed by atoms with Crippen molar-refractivity contribution >= 4 is 29.9 Å². The molecule has 1 aromatic rings. The van der Waals surface area contributed by atoms with Crippen molar-refractivity contribution in [3.05, 3.63) is 34.9 Å². The van der Waals surface area contributed by atoms with Gasteiger partial charge in [0.15, 0.2) is 0 Å². The third-order valence-corrected chi connectivity index (χ3v) is 5.23. The van der Waals surface area contributed by atoms with Crippen LogP contribution in [0.1, 0.15) is 31.2 Å². The van der Waals surface area contributed by atoms with Crippen LogP contribution in [0.3, 0.4) is 0 Å². The lowest BCUT2D eigenvalue weighted by Crippen LogP contribution is -2.51. The number of nitrogens with one attached hydrogen (secondary N) is 1. The zero-order valence-corrected chi connectivity index (χ0v) is 14.7. The minimum Gasteiger partial charge on any atom is -0.381 e. The number of ether oxygens (including phenoxy) is 1. The smallest absolute Gasteiger partial charge is 0.230 e. The van der Waals surface area contributed by atoms with Crippen LogP contribution in [-0.4, -0.2) is 31.7 Å². The molecule has 3 N–H and O–H groups in total. The number of nitrogens with two attached hydrogens (primary N) is 1. The van der Waals surface area contributed by atoms with Gasteiger partial charge in [-0.25, -0.2) is 0 Å². The number of carbonyl (C=O) groups excluding carboxylic acids is 1. The zero-order valence-electron chi connectivity index (χ0n) is 13.1. The fourth-order valence-corrected chi connectivity index (χ4v) is 3.58. The summed E-state index contributed by atoms with van der Waals surface area (Å²) in [5.41, 5.74) is 6.41. The summed E-state index contributed by atoms with van der Waals surface area (Å²) < 4.78 is 5.46. The maximum Gasteiger partial charge on any atom is 0.230 e. The van der Waals surface area contributed by atoms with E-state index in [1.807, 2.05) is 24.3 Å². The molecular weight excluding hydrogens is 335 g/mol. The number of carbonyl (C=O) groups is 1. The highest BCUT2D eigenvalue weighted by molar-refractivity contribution is 6.31. The predicted octanol–water partition coefficient (Wildman–Crippen LogP) is 2.66. The first-order chi connectivity index (χ1) is 10.6. The van der Waals surface area contributed by atoms with Crippen LogP contribution in [0.2, 0.25) is 5.02 Å². The van der Waals surface area contributed by atoms with Crippen LogP contribution in [0.4, 0.5) is 0 Å². The maximum absolute atomic E-state index is 12.9. The predicted molar refractivity (Wildman–Crippen MR) is 94.1 cm³/mol. The van der Waals surface area contributed by atoms with E-state index in [-0.39, 0.29) is 24.4 Å². The number of halogens is 2. The minimum absolute atomic E-state index is 0. The van der Waals surface area contributed by atoms with E-state index in [1.54, 1.807) is 0 Å². The molecule has 0 bridgehead atoms. The van der Waals surface area contributed by atoms with Gasteiger partial charge in [0.05, 0.1) is 5.41 Å². The average Bonchev–Trinajstić information content (AvgIpc) is 3.38. The fraction of sp³-hybridized carbons (Fsp3) is 0.588. The quantitative estimate of drug-likeness (QED) is 0.850. The summed E-state index contributed by atoms with van der Waals surface area (Å²) in [6, 6.07) is 7.68. The van der Waals surface area contributed by atoms with Crippen LogP contribution in [0.15, 0.2) is 24.3 Å². The SMILES string of the molecule is Cl.NC(CNC(=O)C1(c2ccccc2Cl)CCOCC1)C1CC1. The van der Waals surface area contributed by atoms with Gasteiger partial charge in [0, 0.05) is 30.8 Å². The number of rotatable bonds is 5. The van der Waals surface area contributed by atoms with Crippen molar-refractivity contribution < 1.29 is 9.53 Å². The van der Waals surface area contributed by atoms with Crippen LogP contribution in [0.25, 0.3) is 0 Å². The highest BCUT2D eigenvalue weighted by Gasteiger charge is 2.43. The Hall–Kier alpha value is -0.810. The van der Waals surface area contributed by atoms with Gasteiger partial charge in [-0.15, -0.1) is 12.4 Å². The summed E-state index contributed by atoms with van der Waals surface area (Å²) in [5.74, 6) is 0.603. The fourth-order valence-electron chi connectivity index (χ4n) is 3.26. The molecule has 4 nitrogen and oxygen atoms in total. The Morgan fingerprint density at radius 1 is 1.35 bits per heavy atom. The highest BCUT2D eigenvalue weighted by Crippen LogP contribution is 2.39. The molecule has 128 valence electrons. The van der Waals surface area contributed by atoms with E-state index in [0.29, 0.717) is 43.5 Å². The Bertz CT molecular complexity index is 543. The second kappa shape index (κ2) is 7.84. The highest BCUT2D eigenvalue weighted by atomic mass is 35.5. The summed E-state index contributed by atoms with van der Waals surface area (Å²) in [7, 11) is 0. The Labute approximate surface area is 148 Å². The van der Waals surface area contributed by atoms with Crippen LogP contribution in [0, 0.1) is 5.92 Å². The number of benzene rings is 1. The van der Waals surface area contributed by atoms with Crippen molar-refractivity contribution in [3.8, 4) is 0 Å². The molecule has 2 fully saturated rings. The normalized spacial score (nSPS) is 21.1. The Morgan fingerprint density at radius 3 is 2.61 bits per heavy atom. The van der Waals surface area contributed by atoms with Gasteiger partial charge in [-0.1, -0.05) is 29.8 Å². The molecule has 1 saturated carbocycles. The van der Waals surface area contributed by atoms with E-state index in [0.717, 1.165) is 5.56 Å². The lowest BCUT2D eigenvalue weighted by Gasteiger charge is -2.37. The van der Waals surface area contributed by atoms with Gasteiger partial charge < -0.3 is 15.8 Å². The lowest BCUT2D eigenvalue weighted by atomic mass is 9.73. The van der Waals surface area contributed by atoms with Gasteiger partial charge in [-0.3, -0.25) is 4.79 Å². The minimum atomic E-state index is -0.597. The molecule has 3 rings (SSSR count). The van der Waals surface area contributed by atoms with E-state index in [2.05, 4.69) is 5.32 Å². The van der Waals surface area contributed by atoms with Crippen molar-refractivity contribution in [1.29, 1.82) is 0 Å². The molecule has 1 atom stereocenters. The van der Waals surface area contributed by atoms with Crippen molar-refractivity contribution in [1.82, 2.24) is 5.32 Å². The average molecular weight is 359 g/mol. The first-order valence-corrected chi connectivity index (χ1v) is 8.38. The molecule has 0 spiro atoms. The monoisotopic (exact) mass is 358 g/mol. The third-order valence-electron chi connectivity index (χ3n) is 4.90. The molecule has 1 heterocycles. The third kappa shape index (κ3) is 4.00. The molecule has 1 aliphatic heterocycles. The maximum atomic E-state index is 12.9. The largest absolute Gasteiger partial charge is 0.381 e. The number of amides is 1. The molecule has 1 aliphatic carbocycles. The summed E-state index contributed by atoms with van der Waals surface area (Å²) in [6.07, 6.45) is 3.67. The van der Waals surface area contributed by atoms with E-state index >= 15 is 0 Å². The first kappa shape index (κ1) is 18.5. The lowest BCUT2D eigenvalue weighted by molar-refractivity contribution is -0.130. The summed E-state index contributed by atoms with van der Waals surface area (Å²) in [5, 5.41) is 3.71. The van der Waals surface area contributed by atoms with Crippen molar-refractivity contribution in [2.75, 3.05) is 19.8 Å². The van der Waals surface area contributed by atoms with Gasteiger partial charge >= 0.3 is 0 Å². The molecule has 1 unspecified atom stereocenters. The molecule has 1 amide bonds. The van der Waals surface area contributed by atoms with Crippen LogP contribution < -0.4 is 11.1 Å². The van der Waals surface area contributed by atoms with Gasteiger partial charge in [0.25, 0.3) is 0 Å². The van der Waals surface area contributed by atoms with E-state index in [1.165, 1.54) is 12.8 Å². The summed E-state index contributed by atoms with van der Waals surface area (Å²) in [6.45, 7) is 1.69. The zero-order chi connectivity index (χ0) is 15.6. The standard InChI is InChI=1S/C17H23ClN2O2.ClH/c18-14-4-2-1-3-13(14)17(7-9-22-10-8-17)16(21)20-11-15(19)12-5-6-12;/h1-4,12,15H,5-11,19H2,(H,20,21);1H. The molecule has 0 radical (unpaired) electrons. The second-order valence-electron chi connectivity index (χ2n) is 6.39. The van der Waals surface area contributed by atoms with Crippen molar-refractivity contribution in [2.45, 2.75) is 37.1 Å². The Kier molecular flexibility index (Phi) is 6.32. The molecule has 1 saturated heterocycles. The number of hydrogen-bond donors (Lipinski definition) is 2. The Morgan fingerprint density at radius 2 is 2.00 bits per heavy atom. The summed E-state index contributed by atoms with van der Waals surface area (Å²) >= 11 is 6.37. The van der Waals surface area contributed by atoms with Crippen LogP contribution in [-0.2, 0) is 14.9 Å². The second-order valence-corrected chi connectivity index (χ2v) is 6.79. The molecule has 6 heteroatoms. The topological polar surface area (TPSA) is 64.3 Å². The van der Waals surface area contributed by atoms with Crippen LogP contribution >= 0.6 is 24.0 Å². The van der Waals surface area contributed by atoms with Crippen molar-refractivity contribution in [2.24, 2.45) is 11.7 Å². The first-order valence-electron chi connectivity index (χ1n) is 8.00. The van der Waals surface area contributed by atoms with Gasteiger partial charge in [0.2, 0.25) is 5.91 Å². The molecule has 0 aromatic heterocycles. The van der Waals surface area contributed by atoms with E-state index < -0.39 is 5.41 Å². The van der Waals surface area contributed by atoms with Crippen molar-refractivity contribution in [3.63, 3.8) is 0 Å². The van der Waals surface area contributed by atoms with Gasteiger partial charge in [0.1, 0.15) is 0 Å². The van der Waals surface area contributed by atoms with Crippen LogP contribution in [0.5, 0.6) is 0 Å². The molecule has 23 heavy (non-hydrogen) atoms.